The van der Waals surface area contributed by atoms with Gasteiger partial charge in [0.2, 0.25) is 11.8 Å². The van der Waals surface area contributed by atoms with Gasteiger partial charge in [-0.15, -0.1) is 0 Å². The van der Waals surface area contributed by atoms with Crippen LogP contribution in [-0.2, 0) is 32.6 Å². The van der Waals surface area contributed by atoms with Crippen molar-refractivity contribution in [3.05, 3.63) is 130 Å². The molecule has 2 amide bonds. The fourth-order valence-corrected chi connectivity index (χ4v) is 7.98. The maximum atomic E-state index is 14.7. The van der Waals surface area contributed by atoms with E-state index >= 15 is 0 Å². The number of rotatable bonds is 12. The van der Waals surface area contributed by atoms with Crippen molar-refractivity contribution in [2.75, 3.05) is 10.8 Å². The molecule has 0 radical (unpaired) electrons. The molecule has 0 aromatic heterocycles. The number of nitrogens with one attached hydrogen (secondary N) is 1. The van der Waals surface area contributed by atoms with Gasteiger partial charge in [-0.05, 0) is 66.8 Å². The number of anilines is 1. The average Bonchev–Trinajstić information content (AvgIpc) is 3.07. The van der Waals surface area contributed by atoms with Gasteiger partial charge in [-0.3, -0.25) is 13.9 Å². The van der Waals surface area contributed by atoms with Crippen molar-refractivity contribution < 1.29 is 18.0 Å². The van der Waals surface area contributed by atoms with Crippen LogP contribution < -0.4 is 9.62 Å². The summed E-state index contributed by atoms with van der Waals surface area (Å²) in [5, 5.41) is 3.99. The number of carbonyl (C=O) groups is 2. The van der Waals surface area contributed by atoms with E-state index in [0.717, 1.165) is 42.0 Å². The van der Waals surface area contributed by atoms with Gasteiger partial charge in [0.1, 0.15) is 12.6 Å². The molecule has 10 heteroatoms. The number of halogens is 2. The molecule has 0 spiro atoms. The first-order valence-corrected chi connectivity index (χ1v) is 18.0. The molecule has 1 aliphatic rings. The van der Waals surface area contributed by atoms with Gasteiger partial charge in [-0.2, -0.15) is 0 Å². The highest BCUT2D eigenvalue weighted by Gasteiger charge is 2.36. The molecule has 5 rings (SSSR count). The monoisotopic (exact) mass is 691 g/mol. The zero-order valence-electron chi connectivity index (χ0n) is 26.3. The van der Waals surface area contributed by atoms with Crippen LogP contribution >= 0.6 is 23.2 Å². The molecule has 4 aromatic carbocycles. The molecule has 4 aromatic rings. The Hall–Kier alpha value is -3.85. The molecule has 0 saturated heterocycles. The van der Waals surface area contributed by atoms with Gasteiger partial charge in [-0.25, -0.2) is 8.42 Å². The summed E-state index contributed by atoms with van der Waals surface area (Å²) >= 11 is 12.8. The van der Waals surface area contributed by atoms with Crippen LogP contribution in [0.2, 0.25) is 10.0 Å². The predicted octanol–water partition coefficient (Wildman–Crippen LogP) is 7.59. The predicted molar refractivity (Wildman–Crippen MR) is 188 cm³/mol. The molecular formula is C37H39Cl2N3O4S. The van der Waals surface area contributed by atoms with Crippen LogP contribution in [0, 0.1) is 6.92 Å². The summed E-state index contributed by atoms with van der Waals surface area (Å²) in [4.78, 5) is 30.4. The van der Waals surface area contributed by atoms with Crippen LogP contribution in [0.3, 0.4) is 0 Å². The van der Waals surface area contributed by atoms with Crippen LogP contribution in [0.5, 0.6) is 0 Å². The van der Waals surface area contributed by atoms with Crippen molar-refractivity contribution >= 4 is 50.7 Å². The average molecular weight is 693 g/mol. The molecule has 246 valence electrons. The van der Waals surface area contributed by atoms with Gasteiger partial charge in [0.25, 0.3) is 10.0 Å². The summed E-state index contributed by atoms with van der Waals surface area (Å²) in [7, 11) is -4.18. The summed E-state index contributed by atoms with van der Waals surface area (Å²) in [5.41, 5.74) is 2.51. The second-order valence-corrected chi connectivity index (χ2v) is 14.6. The normalized spacial score (nSPS) is 14.3. The fourth-order valence-electron chi connectivity index (χ4n) is 6.01. The van der Waals surface area contributed by atoms with Gasteiger partial charge >= 0.3 is 0 Å². The lowest BCUT2D eigenvalue weighted by Gasteiger charge is -2.35. The van der Waals surface area contributed by atoms with E-state index in [0.29, 0.717) is 26.9 Å². The van der Waals surface area contributed by atoms with Crippen molar-refractivity contribution in [3.8, 4) is 0 Å². The quantitative estimate of drug-likeness (QED) is 0.166. The number of hydrogen-bond donors (Lipinski definition) is 1. The first kappa shape index (κ1) is 34.5. The fraction of sp³-hybridized carbons (Fsp3) is 0.297. The minimum absolute atomic E-state index is 0.00696. The minimum Gasteiger partial charge on any atom is -0.352 e. The molecule has 1 fully saturated rings. The first-order valence-electron chi connectivity index (χ1n) is 15.8. The van der Waals surface area contributed by atoms with E-state index in [-0.39, 0.29) is 29.8 Å². The van der Waals surface area contributed by atoms with Crippen molar-refractivity contribution in [1.82, 2.24) is 10.2 Å². The van der Waals surface area contributed by atoms with Crippen molar-refractivity contribution in [2.45, 2.75) is 69.0 Å². The summed E-state index contributed by atoms with van der Waals surface area (Å²) in [6, 6.07) is 28.6. The molecule has 47 heavy (non-hydrogen) atoms. The molecule has 7 nitrogen and oxygen atoms in total. The number of hydrogen-bond acceptors (Lipinski definition) is 4. The molecule has 0 bridgehead atoms. The van der Waals surface area contributed by atoms with Gasteiger partial charge < -0.3 is 10.2 Å². The third-order valence-electron chi connectivity index (χ3n) is 8.57. The number of aryl methyl sites for hydroxylation is 1. The third-order valence-corrected chi connectivity index (χ3v) is 10.9. The van der Waals surface area contributed by atoms with Gasteiger partial charge in [0.15, 0.2) is 0 Å². The number of carbonyl (C=O) groups excluding carboxylic acids is 2. The lowest BCUT2D eigenvalue weighted by atomic mass is 9.94. The summed E-state index contributed by atoms with van der Waals surface area (Å²) in [6.45, 7) is 1.24. The Bertz CT molecular complexity index is 1780. The third kappa shape index (κ3) is 8.74. The Morgan fingerprint density at radius 1 is 0.851 bits per heavy atom. The molecule has 0 unspecified atom stereocenters. The van der Waals surface area contributed by atoms with Crippen LogP contribution in [0.25, 0.3) is 0 Å². The first-order chi connectivity index (χ1) is 22.6. The van der Waals surface area contributed by atoms with Crippen LogP contribution in [0.15, 0.2) is 108 Å². The Morgan fingerprint density at radius 3 is 2.15 bits per heavy atom. The van der Waals surface area contributed by atoms with E-state index in [4.69, 9.17) is 23.2 Å². The van der Waals surface area contributed by atoms with Crippen LogP contribution in [0.4, 0.5) is 5.69 Å². The number of sulfonamides is 1. The Kier molecular flexibility index (Phi) is 11.6. The van der Waals surface area contributed by atoms with Crippen molar-refractivity contribution in [3.63, 3.8) is 0 Å². The van der Waals surface area contributed by atoms with Crippen LogP contribution in [0.1, 0.15) is 48.8 Å². The lowest BCUT2D eigenvalue weighted by Crippen LogP contribution is -2.55. The van der Waals surface area contributed by atoms with Crippen molar-refractivity contribution in [1.29, 1.82) is 0 Å². The molecule has 0 aliphatic heterocycles. The number of nitrogens with zero attached hydrogens (tertiary/aromatic N) is 2. The van der Waals surface area contributed by atoms with E-state index in [9.17, 15) is 18.0 Å². The lowest BCUT2D eigenvalue weighted by molar-refractivity contribution is -0.140. The molecular weight excluding hydrogens is 653 g/mol. The molecule has 0 heterocycles. The number of benzene rings is 4. The maximum Gasteiger partial charge on any atom is 0.264 e. The zero-order chi connectivity index (χ0) is 33.4. The van der Waals surface area contributed by atoms with Gasteiger partial charge in [-0.1, -0.05) is 115 Å². The summed E-state index contributed by atoms with van der Waals surface area (Å²) in [5.74, 6) is -0.828. The highest BCUT2D eigenvalue weighted by molar-refractivity contribution is 7.92. The molecule has 1 saturated carbocycles. The summed E-state index contributed by atoms with van der Waals surface area (Å²) < 4.78 is 29.5. The Balaban J connectivity index is 1.58. The smallest absolute Gasteiger partial charge is 0.264 e. The van der Waals surface area contributed by atoms with Gasteiger partial charge in [0.05, 0.1) is 10.6 Å². The Morgan fingerprint density at radius 2 is 1.49 bits per heavy atom. The zero-order valence-corrected chi connectivity index (χ0v) is 28.6. The van der Waals surface area contributed by atoms with E-state index in [1.165, 1.54) is 17.0 Å². The maximum absolute atomic E-state index is 14.7. The topological polar surface area (TPSA) is 86.8 Å². The number of amides is 2. The van der Waals surface area contributed by atoms with E-state index < -0.39 is 28.5 Å². The van der Waals surface area contributed by atoms with E-state index in [1.807, 2.05) is 36.4 Å². The minimum atomic E-state index is -4.18. The summed E-state index contributed by atoms with van der Waals surface area (Å²) in [6.07, 6.45) is 5.16. The molecule has 1 N–H and O–H groups in total. The highest BCUT2D eigenvalue weighted by atomic mass is 35.5. The number of para-hydroxylation sites is 1. The van der Waals surface area contributed by atoms with E-state index in [2.05, 4.69) is 5.32 Å². The van der Waals surface area contributed by atoms with Gasteiger partial charge in [0, 0.05) is 29.1 Å². The van der Waals surface area contributed by atoms with Crippen molar-refractivity contribution in [2.24, 2.45) is 0 Å². The SMILES string of the molecule is Cc1ccccc1N(CC(=O)N(Cc1ccc(Cl)cc1Cl)[C@@H](Cc1ccccc1)C(=O)NC1CCCCC1)S(=O)(=O)c1ccccc1. The highest BCUT2D eigenvalue weighted by Crippen LogP contribution is 2.29. The largest absolute Gasteiger partial charge is 0.352 e. The standard InChI is InChI=1S/C37H39Cl2N3O4S/c1-27-13-11-12-20-34(27)42(47(45,46)32-18-9-4-10-19-32)26-36(43)41(25-29-21-22-30(38)24-33(29)39)35(23-28-14-5-2-6-15-28)37(44)40-31-16-7-3-8-17-31/h2,4-6,9-15,18-22,24,31,35H,3,7-8,16-17,23,25-26H2,1H3,(H,40,44)/t35-/m0/s1. The molecule has 1 atom stereocenters. The Labute approximate surface area is 287 Å². The van der Waals surface area contributed by atoms with Crippen LogP contribution in [-0.4, -0.2) is 43.8 Å². The second kappa shape index (κ2) is 15.8. The van der Waals surface area contributed by atoms with E-state index in [1.54, 1.807) is 61.5 Å². The molecule has 1 aliphatic carbocycles. The second-order valence-electron chi connectivity index (χ2n) is 11.9.